The molecule has 0 fully saturated rings. The summed E-state index contributed by atoms with van der Waals surface area (Å²) in [6.45, 7) is 0.0957. The Bertz CT molecular complexity index is 1080. The van der Waals surface area contributed by atoms with E-state index in [1.807, 2.05) is 0 Å². The summed E-state index contributed by atoms with van der Waals surface area (Å²) in [4.78, 5) is 37.8. The topological polar surface area (TPSA) is 177 Å². The number of benzene rings is 1. The highest BCUT2D eigenvalue weighted by atomic mass is 16.6. The van der Waals surface area contributed by atoms with Gasteiger partial charge in [-0.3, -0.25) is 9.59 Å². The molecule has 0 unspecified atom stereocenters. The van der Waals surface area contributed by atoms with Crippen molar-refractivity contribution >= 4 is 17.6 Å². The molecule has 2 heterocycles. The molecule has 0 atom stereocenters. The van der Waals surface area contributed by atoms with Crippen molar-refractivity contribution in [2.75, 3.05) is 26.8 Å². The Morgan fingerprint density at radius 3 is 2.56 bits per heavy atom. The van der Waals surface area contributed by atoms with Gasteiger partial charge >= 0.3 is 17.6 Å². The zero-order valence-electron chi connectivity index (χ0n) is 16.9. The van der Waals surface area contributed by atoms with Gasteiger partial charge in [0, 0.05) is 13.1 Å². The van der Waals surface area contributed by atoms with Crippen LogP contribution >= 0.6 is 0 Å². The number of nitrogens with one attached hydrogen (secondary N) is 2. The highest BCUT2D eigenvalue weighted by Gasteiger charge is 2.17. The van der Waals surface area contributed by atoms with Crippen molar-refractivity contribution < 1.29 is 28.5 Å². The van der Waals surface area contributed by atoms with Gasteiger partial charge in [0.15, 0.2) is 12.4 Å². The first kappa shape index (κ1) is 22.2. The van der Waals surface area contributed by atoms with Gasteiger partial charge in [0.2, 0.25) is 0 Å². The zero-order chi connectivity index (χ0) is 22.9. The summed E-state index contributed by atoms with van der Waals surface area (Å²) in [5.74, 6) is -0.263. The van der Waals surface area contributed by atoms with Crippen molar-refractivity contribution in [3.8, 4) is 11.5 Å². The second kappa shape index (κ2) is 10.5. The highest BCUT2D eigenvalue weighted by molar-refractivity contribution is 5.89. The maximum atomic E-state index is 12.0. The van der Waals surface area contributed by atoms with E-state index in [1.165, 1.54) is 16.9 Å². The van der Waals surface area contributed by atoms with E-state index < -0.39 is 10.8 Å². The third-order valence-corrected chi connectivity index (χ3v) is 3.94. The number of nitro groups is 1. The van der Waals surface area contributed by atoms with E-state index in [2.05, 4.69) is 25.9 Å². The maximum Gasteiger partial charge on any atom is 0.389 e. The van der Waals surface area contributed by atoms with Gasteiger partial charge < -0.3 is 34.7 Å². The summed E-state index contributed by atoms with van der Waals surface area (Å²) in [7, 11) is 1.55. The monoisotopic (exact) mass is 445 g/mol. The van der Waals surface area contributed by atoms with Gasteiger partial charge in [0.1, 0.15) is 18.0 Å². The molecule has 168 valence electrons. The van der Waals surface area contributed by atoms with Crippen molar-refractivity contribution in [3.63, 3.8) is 0 Å². The lowest BCUT2D eigenvalue weighted by molar-refractivity contribution is -0.389. The van der Waals surface area contributed by atoms with Crippen molar-refractivity contribution in [1.82, 2.24) is 30.6 Å². The van der Waals surface area contributed by atoms with Crippen LogP contribution in [0.25, 0.3) is 0 Å². The smallest absolute Gasteiger partial charge is 0.389 e. The van der Waals surface area contributed by atoms with Gasteiger partial charge in [-0.2, -0.15) is 9.67 Å². The number of rotatable bonds is 11. The molecule has 2 aromatic heterocycles. The Hall–Kier alpha value is -4.49. The van der Waals surface area contributed by atoms with E-state index in [4.69, 9.17) is 14.0 Å². The number of hydrogen-bond acceptors (Lipinski definition) is 10. The number of carbonyl (C=O) groups excluding carboxylic acids is 2. The molecule has 1 aromatic carbocycles. The summed E-state index contributed by atoms with van der Waals surface area (Å²) in [5.41, 5.74) is 0. The number of carbonyl (C=O) groups is 2. The number of aromatic nitrogens is 4. The van der Waals surface area contributed by atoms with Crippen LogP contribution in [-0.2, 0) is 11.3 Å². The molecule has 3 rings (SSSR count). The first-order valence-corrected chi connectivity index (χ1v) is 9.27. The van der Waals surface area contributed by atoms with Crippen LogP contribution in [0.3, 0.4) is 0 Å². The molecule has 0 bridgehead atoms. The van der Waals surface area contributed by atoms with Gasteiger partial charge in [-0.1, -0.05) is 5.16 Å². The fourth-order valence-electron chi connectivity index (χ4n) is 2.42. The molecule has 3 aromatic rings. The molecule has 0 aliphatic carbocycles. The predicted octanol–water partition coefficient (Wildman–Crippen LogP) is 0.156. The first-order chi connectivity index (χ1) is 15.4. The van der Waals surface area contributed by atoms with Gasteiger partial charge in [-0.15, -0.1) is 0 Å². The van der Waals surface area contributed by atoms with Crippen LogP contribution < -0.4 is 20.1 Å². The minimum atomic E-state index is -0.629. The standard InChI is InChI=1S/C18H19N7O7/c1-30-12-2-4-13(5-3-12)31-11-16(26)19-7-8-20-17(27)18-21-14(23-32-18)10-24-9-6-15(22-24)25(28)29/h2-6,9H,7-8,10-11H2,1H3,(H,19,26)(H,20,27). The van der Waals surface area contributed by atoms with Crippen LogP contribution in [0.2, 0.25) is 0 Å². The second-order valence-corrected chi connectivity index (χ2v) is 6.21. The van der Waals surface area contributed by atoms with Crippen LogP contribution in [0.4, 0.5) is 5.82 Å². The molecule has 2 N–H and O–H groups in total. The predicted molar refractivity (Wildman–Crippen MR) is 106 cm³/mol. The zero-order valence-corrected chi connectivity index (χ0v) is 16.9. The maximum absolute atomic E-state index is 12.0. The molecule has 0 aliphatic heterocycles. The molecule has 32 heavy (non-hydrogen) atoms. The Balaban J connectivity index is 1.35. The molecule has 0 saturated heterocycles. The van der Waals surface area contributed by atoms with E-state index in [0.717, 1.165) is 0 Å². The van der Waals surface area contributed by atoms with Crippen molar-refractivity contribution in [2.24, 2.45) is 0 Å². The fourth-order valence-corrected chi connectivity index (χ4v) is 2.42. The number of methoxy groups -OCH3 is 1. The number of ether oxygens (including phenoxy) is 2. The molecular weight excluding hydrogens is 426 g/mol. The van der Waals surface area contributed by atoms with Crippen LogP contribution in [-0.4, -0.2) is 63.5 Å². The quantitative estimate of drug-likeness (QED) is 0.235. The minimum Gasteiger partial charge on any atom is -0.497 e. The Labute approximate surface area is 180 Å². The summed E-state index contributed by atoms with van der Waals surface area (Å²) in [6, 6.07) is 8.01. The number of amides is 2. The van der Waals surface area contributed by atoms with Crippen molar-refractivity contribution in [3.05, 3.63) is 58.4 Å². The van der Waals surface area contributed by atoms with Gasteiger partial charge in [-0.05, 0) is 29.2 Å². The molecular formula is C18H19N7O7. The largest absolute Gasteiger partial charge is 0.497 e. The van der Waals surface area contributed by atoms with Crippen LogP contribution in [0.15, 0.2) is 41.1 Å². The molecule has 2 amide bonds. The molecule has 0 saturated carbocycles. The van der Waals surface area contributed by atoms with Gasteiger partial charge in [-0.25, -0.2) is 0 Å². The molecule has 0 aliphatic rings. The van der Waals surface area contributed by atoms with E-state index in [0.29, 0.717) is 11.5 Å². The number of hydrogen-bond donors (Lipinski definition) is 2. The molecule has 14 heteroatoms. The van der Waals surface area contributed by atoms with E-state index in [-0.39, 0.29) is 49.7 Å². The molecule has 0 spiro atoms. The summed E-state index contributed by atoms with van der Waals surface area (Å²) < 4.78 is 16.5. The molecule has 0 radical (unpaired) electrons. The van der Waals surface area contributed by atoms with Crippen LogP contribution in [0, 0.1) is 10.1 Å². The summed E-state index contributed by atoms with van der Waals surface area (Å²) >= 11 is 0. The summed E-state index contributed by atoms with van der Waals surface area (Å²) in [6.07, 6.45) is 1.38. The first-order valence-electron chi connectivity index (χ1n) is 9.27. The lowest BCUT2D eigenvalue weighted by Crippen LogP contribution is -2.36. The van der Waals surface area contributed by atoms with Crippen molar-refractivity contribution in [2.45, 2.75) is 6.54 Å². The number of nitrogens with zero attached hydrogens (tertiary/aromatic N) is 5. The fraction of sp³-hybridized carbons (Fsp3) is 0.278. The van der Waals surface area contributed by atoms with E-state index in [9.17, 15) is 19.7 Å². The average molecular weight is 445 g/mol. The minimum absolute atomic E-state index is 0.00509. The Morgan fingerprint density at radius 1 is 1.16 bits per heavy atom. The third kappa shape index (κ3) is 6.25. The normalized spacial score (nSPS) is 10.4. The highest BCUT2D eigenvalue weighted by Crippen LogP contribution is 2.16. The van der Waals surface area contributed by atoms with Crippen molar-refractivity contribution in [1.29, 1.82) is 0 Å². The van der Waals surface area contributed by atoms with Gasteiger partial charge in [0.05, 0.1) is 24.5 Å². The van der Waals surface area contributed by atoms with Gasteiger partial charge in [0.25, 0.3) is 5.91 Å². The third-order valence-electron chi connectivity index (χ3n) is 3.94. The Kier molecular flexibility index (Phi) is 7.29. The van der Waals surface area contributed by atoms with E-state index >= 15 is 0 Å². The SMILES string of the molecule is COc1ccc(OCC(=O)NCCNC(=O)c2nc(Cn3ccc([N+](=O)[O-])n3)no2)cc1. The summed E-state index contributed by atoms with van der Waals surface area (Å²) in [5, 5.41) is 23.1. The Morgan fingerprint density at radius 2 is 1.88 bits per heavy atom. The van der Waals surface area contributed by atoms with Crippen LogP contribution in [0.5, 0.6) is 11.5 Å². The lowest BCUT2D eigenvalue weighted by Gasteiger charge is -2.08. The lowest BCUT2D eigenvalue weighted by atomic mass is 10.3. The second-order valence-electron chi connectivity index (χ2n) is 6.21. The van der Waals surface area contributed by atoms with Crippen LogP contribution in [0.1, 0.15) is 16.5 Å². The molecule has 14 nitrogen and oxygen atoms in total. The van der Waals surface area contributed by atoms with E-state index in [1.54, 1.807) is 31.4 Å². The average Bonchev–Trinajstić information content (AvgIpc) is 3.46.